The first kappa shape index (κ1) is 53.7. The van der Waals surface area contributed by atoms with Gasteiger partial charge in [-0.05, 0) is 173 Å². The first-order valence-electron chi connectivity index (χ1n) is 34.5. The second-order valence-corrected chi connectivity index (χ2v) is 29.5. The monoisotopic (exact) mass is 1310 g/mol. The van der Waals surface area contributed by atoms with Crippen LogP contribution in [0.4, 0.5) is 34.1 Å². The lowest BCUT2D eigenvalue weighted by Gasteiger charge is -2.45. The Kier molecular flexibility index (Phi) is 10.6. The van der Waals surface area contributed by atoms with E-state index in [9.17, 15) is 0 Å². The molecule has 2 aliphatic heterocycles. The lowest BCUT2D eigenvalue weighted by Crippen LogP contribution is -2.61. The van der Waals surface area contributed by atoms with Crippen LogP contribution in [0.2, 0.25) is 0 Å². The maximum absolute atomic E-state index is 7.16. The fourth-order valence-electron chi connectivity index (χ4n) is 18.3. The third kappa shape index (κ3) is 7.06. The molecule has 1 aliphatic carbocycles. The molecule has 0 saturated heterocycles. The molecule has 0 amide bonds. The number of benzene rings is 15. The van der Waals surface area contributed by atoms with Gasteiger partial charge in [0.2, 0.25) is 0 Å². The highest BCUT2D eigenvalue weighted by Gasteiger charge is 2.47. The molecule has 21 aromatic rings. The van der Waals surface area contributed by atoms with Gasteiger partial charge in [-0.3, -0.25) is 0 Å². The molecule has 0 bridgehead atoms. The summed E-state index contributed by atoms with van der Waals surface area (Å²) in [5.74, 6) is 0. The van der Waals surface area contributed by atoms with Crippen molar-refractivity contribution in [2.24, 2.45) is 0 Å². The molecular formula is C91H52BN5OS2. The van der Waals surface area contributed by atoms with Gasteiger partial charge in [-0.25, -0.2) is 0 Å². The third-order valence-electron chi connectivity index (χ3n) is 22.4. The predicted octanol–water partition coefficient (Wildman–Crippen LogP) is 23.3. The summed E-state index contributed by atoms with van der Waals surface area (Å²) in [6, 6.07) is 114. The van der Waals surface area contributed by atoms with Crippen LogP contribution in [-0.2, 0) is 6.42 Å². The van der Waals surface area contributed by atoms with Crippen LogP contribution in [0.15, 0.2) is 308 Å². The van der Waals surface area contributed by atoms with Crippen LogP contribution in [0.3, 0.4) is 0 Å². The lowest BCUT2D eigenvalue weighted by molar-refractivity contribution is 0.669. The molecule has 9 heteroatoms. The number of anilines is 6. The fraction of sp³-hybridized carbons (Fsp3) is 0.0110. The number of nitrogens with zero attached hydrogens (tertiary/aromatic N) is 5. The Morgan fingerprint density at radius 2 is 0.800 bits per heavy atom. The average Bonchev–Trinajstić information content (AvgIpc) is 1.11. The summed E-state index contributed by atoms with van der Waals surface area (Å²) in [6.07, 6.45) is 0.837. The van der Waals surface area contributed by atoms with Crippen molar-refractivity contribution in [1.29, 1.82) is 0 Å². The van der Waals surface area contributed by atoms with Gasteiger partial charge in [0, 0.05) is 113 Å². The summed E-state index contributed by atoms with van der Waals surface area (Å²) in [5.41, 5.74) is 28.1. The van der Waals surface area contributed by atoms with Crippen LogP contribution in [0.1, 0.15) is 11.1 Å². The quantitative estimate of drug-likeness (QED) is 0.161. The van der Waals surface area contributed by atoms with Crippen LogP contribution < -0.4 is 26.2 Å². The number of furan rings is 1. The highest BCUT2D eigenvalue weighted by molar-refractivity contribution is 7.27. The normalized spacial score (nSPS) is 13.3. The Bertz CT molecular complexity index is 7100. The molecule has 0 saturated carbocycles. The van der Waals surface area contributed by atoms with E-state index in [-0.39, 0.29) is 6.71 Å². The summed E-state index contributed by atoms with van der Waals surface area (Å²) in [4.78, 5) is 5.39. The first-order chi connectivity index (χ1) is 49.6. The van der Waals surface area contributed by atoms with Gasteiger partial charge in [0.1, 0.15) is 11.2 Å². The molecule has 8 heterocycles. The van der Waals surface area contributed by atoms with Crippen molar-refractivity contribution in [3.05, 3.63) is 314 Å². The molecule has 6 nitrogen and oxygen atoms in total. The maximum atomic E-state index is 7.16. The van der Waals surface area contributed by atoms with Gasteiger partial charge in [-0.1, -0.05) is 170 Å². The topological polar surface area (TPSA) is 34.4 Å². The number of fused-ring (bicyclic) bond motifs is 26. The highest BCUT2D eigenvalue weighted by atomic mass is 32.1. The van der Waals surface area contributed by atoms with Crippen LogP contribution >= 0.6 is 22.7 Å². The Labute approximate surface area is 580 Å². The lowest BCUT2D eigenvalue weighted by atomic mass is 9.33. The minimum absolute atomic E-state index is 0.215. The van der Waals surface area contributed by atoms with Crippen molar-refractivity contribution < 1.29 is 4.42 Å². The second kappa shape index (κ2) is 19.7. The van der Waals surface area contributed by atoms with Gasteiger partial charge in [0.15, 0.2) is 0 Å². The van der Waals surface area contributed by atoms with E-state index in [1.807, 2.05) is 22.7 Å². The molecule has 0 spiro atoms. The summed E-state index contributed by atoms with van der Waals surface area (Å²) < 4.78 is 19.6. The molecule has 0 radical (unpaired) electrons. The van der Waals surface area contributed by atoms with Gasteiger partial charge in [-0.15, -0.1) is 22.7 Å². The van der Waals surface area contributed by atoms with E-state index in [2.05, 4.69) is 327 Å². The number of hydrogen-bond acceptors (Lipinski definition) is 5. The van der Waals surface area contributed by atoms with Crippen molar-refractivity contribution in [2.75, 3.05) is 9.80 Å². The molecule has 100 heavy (non-hydrogen) atoms. The molecule has 24 rings (SSSR count). The zero-order valence-corrected chi connectivity index (χ0v) is 55.2. The number of aromatic nitrogens is 3. The van der Waals surface area contributed by atoms with E-state index in [1.165, 1.54) is 167 Å². The Morgan fingerprint density at radius 3 is 1.43 bits per heavy atom. The van der Waals surface area contributed by atoms with Gasteiger partial charge in [0.25, 0.3) is 6.71 Å². The van der Waals surface area contributed by atoms with Crippen molar-refractivity contribution in [3.63, 3.8) is 0 Å². The Morgan fingerprint density at radius 1 is 0.300 bits per heavy atom. The maximum Gasteiger partial charge on any atom is 0.252 e. The zero-order valence-electron chi connectivity index (χ0n) is 53.6. The van der Waals surface area contributed by atoms with Crippen molar-refractivity contribution >= 4 is 208 Å². The summed E-state index contributed by atoms with van der Waals surface area (Å²) in [7, 11) is 0. The van der Waals surface area contributed by atoms with E-state index in [0.717, 1.165) is 56.8 Å². The predicted molar refractivity (Wildman–Crippen MR) is 425 cm³/mol. The minimum Gasteiger partial charge on any atom is -0.456 e. The highest BCUT2D eigenvalue weighted by Crippen LogP contribution is 2.56. The molecule has 462 valence electrons. The first-order valence-corrected chi connectivity index (χ1v) is 36.1. The van der Waals surface area contributed by atoms with E-state index in [1.54, 1.807) is 0 Å². The van der Waals surface area contributed by atoms with E-state index in [0.29, 0.717) is 0 Å². The van der Waals surface area contributed by atoms with Gasteiger partial charge in [0.05, 0.1) is 60.2 Å². The summed E-state index contributed by atoms with van der Waals surface area (Å²) >= 11 is 3.82. The Hall–Kier alpha value is -12.4. The average molecular weight is 1310 g/mol. The van der Waals surface area contributed by atoms with Crippen molar-refractivity contribution in [1.82, 2.24) is 13.7 Å². The smallest absolute Gasteiger partial charge is 0.252 e. The third-order valence-corrected chi connectivity index (χ3v) is 24.7. The van der Waals surface area contributed by atoms with Gasteiger partial charge in [-0.2, -0.15) is 0 Å². The van der Waals surface area contributed by atoms with Crippen LogP contribution in [0, 0.1) is 0 Å². The SMILES string of the molecule is c1cc2c(c(N3c4cc5c(cc4B4c6cc(-n7c8ccccc8c8ccccc87)ccc6N(c6cccc7oc8ccc(-n9c%10ccccc%10c%10ccccc%109)cc8c67)c6c4c3cc3c6sc4ccccc43)sc3ccccc35)c1)-c1cc(-n3c4ccccc4c4ccccc43)ccc1C2. The summed E-state index contributed by atoms with van der Waals surface area (Å²) in [6.45, 7) is -0.215. The molecule has 0 fully saturated rings. The standard InChI is InChI=1S/C91H52BN5OS2/c1-9-28-71-57(20-1)58-21-2-10-29-72(58)93(71)54-40-39-52-45-53-19-17-34-78(87(53)65(52)46-54)96-80-49-66-63-26-7-15-37-84(63)99-86(66)51-70(80)92-69-48-56(95-75-32-13-5-24-61(75)62-25-6-14-33-76(62)95)41-43-77(69)97(90-89(92)81(96)50-67-64-27-8-16-38-85(64)100-91(67)90)79-35-18-36-83-88(79)68-47-55(42-44-82(68)98-83)94-73-30-11-3-22-59(73)60-23-4-12-31-74(60)94/h1-44,46-51H,45H2. The van der Waals surface area contributed by atoms with Crippen LogP contribution in [0.25, 0.3) is 156 Å². The van der Waals surface area contributed by atoms with Crippen LogP contribution in [-0.4, -0.2) is 20.4 Å². The molecule has 0 N–H and O–H groups in total. The van der Waals surface area contributed by atoms with Crippen molar-refractivity contribution in [3.8, 4) is 28.2 Å². The minimum atomic E-state index is -0.215. The van der Waals surface area contributed by atoms with Crippen LogP contribution in [0.5, 0.6) is 0 Å². The van der Waals surface area contributed by atoms with E-state index >= 15 is 0 Å². The summed E-state index contributed by atoms with van der Waals surface area (Å²) in [5, 5.41) is 14.6. The van der Waals surface area contributed by atoms with E-state index < -0.39 is 0 Å². The molecule has 6 aromatic heterocycles. The number of hydrogen-bond donors (Lipinski definition) is 0. The number of rotatable bonds is 5. The number of para-hydroxylation sites is 6. The van der Waals surface area contributed by atoms with Crippen molar-refractivity contribution in [2.45, 2.75) is 6.42 Å². The molecule has 15 aromatic carbocycles. The number of thiophene rings is 2. The van der Waals surface area contributed by atoms with E-state index in [4.69, 9.17) is 4.42 Å². The molecular weight excluding hydrogens is 1250 g/mol. The largest absolute Gasteiger partial charge is 0.456 e. The Balaban J connectivity index is 0.831. The second-order valence-electron chi connectivity index (χ2n) is 27.4. The zero-order chi connectivity index (χ0) is 64.7. The van der Waals surface area contributed by atoms with Gasteiger partial charge >= 0.3 is 0 Å². The molecule has 3 aliphatic rings. The fourth-order valence-corrected chi connectivity index (χ4v) is 20.7. The van der Waals surface area contributed by atoms with Gasteiger partial charge < -0.3 is 27.9 Å². The molecule has 0 atom stereocenters. The molecule has 0 unspecified atom stereocenters.